The largest absolute Gasteiger partial charge is 0.497 e. The molecular weight excluding hydrogens is 264 g/mol. The third-order valence-electron chi connectivity index (χ3n) is 3.27. The molecular formula is C18H26O3. The molecule has 0 unspecified atom stereocenters. The van der Waals surface area contributed by atoms with Crippen LogP contribution in [-0.4, -0.2) is 19.7 Å². The van der Waals surface area contributed by atoms with Crippen LogP contribution in [-0.2, 0) is 9.53 Å². The molecule has 0 bridgehead atoms. The van der Waals surface area contributed by atoms with Crippen LogP contribution in [0.1, 0.15) is 51.0 Å². The Morgan fingerprint density at radius 3 is 2.38 bits per heavy atom. The Balaban J connectivity index is 2.16. The molecule has 0 atom stereocenters. The highest BCUT2D eigenvalue weighted by molar-refractivity contribution is 5.87. The second-order valence-corrected chi connectivity index (χ2v) is 5.04. The van der Waals surface area contributed by atoms with Gasteiger partial charge in [0.25, 0.3) is 0 Å². The molecule has 0 spiro atoms. The molecule has 0 heterocycles. The zero-order chi connectivity index (χ0) is 15.3. The molecule has 116 valence electrons. The Hall–Kier alpha value is -1.77. The quantitative estimate of drug-likeness (QED) is 0.358. The number of hydrogen-bond donors (Lipinski definition) is 0. The molecule has 0 amide bonds. The lowest BCUT2D eigenvalue weighted by atomic mass is 10.1. The van der Waals surface area contributed by atoms with Crippen molar-refractivity contribution in [1.29, 1.82) is 0 Å². The van der Waals surface area contributed by atoms with Crippen molar-refractivity contribution in [3.63, 3.8) is 0 Å². The molecule has 0 aromatic heterocycles. The molecule has 1 rings (SSSR count). The smallest absolute Gasteiger partial charge is 0.330 e. The van der Waals surface area contributed by atoms with Gasteiger partial charge >= 0.3 is 5.97 Å². The van der Waals surface area contributed by atoms with Crippen LogP contribution in [0.25, 0.3) is 6.08 Å². The Morgan fingerprint density at radius 2 is 1.71 bits per heavy atom. The molecule has 0 radical (unpaired) electrons. The number of rotatable bonds is 10. The van der Waals surface area contributed by atoms with Crippen LogP contribution in [0.2, 0.25) is 0 Å². The Morgan fingerprint density at radius 1 is 1.05 bits per heavy atom. The number of unbranched alkanes of at least 4 members (excludes halogenated alkanes) is 5. The van der Waals surface area contributed by atoms with Crippen LogP contribution in [0, 0.1) is 0 Å². The van der Waals surface area contributed by atoms with Gasteiger partial charge in [-0.1, -0.05) is 51.2 Å². The summed E-state index contributed by atoms with van der Waals surface area (Å²) in [5.74, 6) is 0.525. The van der Waals surface area contributed by atoms with E-state index in [0.29, 0.717) is 6.61 Å². The number of benzene rings is 1. The third kappa shape index (κ3) is 8.18. The SMILES string of the molecule is CCCCCCCCOC(=O)/C=C/c1ccc(OC)cc1. The van der Waals surface area contributed by atoms with Crippen LogP contribution in [0.5, 0.6) is 5.75 Å². The van der Waals surface area contributed by atoms with Gasteiger partial charge in [-0.05, 0) is 30.2 Å². The van der Waals surface area contributed by atoms with E-state index in [1.807, 2.05) is 24.3 Å². The first-order chi connectivity index (χ1) is 10.3. The van der Waals surface area contributed by atoms with E-state index < -0.39 is 0 Å². The Labute approximate surface area is 128 Å². The number of esters is 1. The van der Waals surface area contributed by atoms with Crippen molar-refractivity contribution in [2.75, 3.05) is 13.7 Å². The van der Waals surface area contributed by atoms with E-state index >= 15 is 0 Å². The summed E-state index contributed by atoms with van der Waals surface area (Å²) in [5.41, 5.74) is 0.951. The topological polar surface area (TPSA) is 35.5 Å². The molecule has 0 fully saturated rings. The molecule has 0 saturated carbocycles. The lowest BCUT2D eigenvalue weighted by molar-refractivity contribution is -0.137. The van der Waals surface area contributed by atoms with Gasteiger partial charge in [0.05, 0.1) is 13.7 Å². The van der Waals surface area contributed by atoms with Crippen LogP contribution in [0.4, 0.5) is 0 Å². The van der Waals surface area contributed by atoms with Crippen LogP contribution in [0.3, 0.4) is 0 Å². The van der Waals surface area contributed by atoms with E-state index in [4.69, 9.17) is 9.47 Å². The first kappa shape index (κ1) is 17.3. The van der Waals surface area contributed by atoms with E-state index in [2.05, 4.69) is 6.92 Å². The zero-order valence-electron chi connectivity index (χ0n) is 13.1. The van der Waals surface area contributed by atoms with Gasteiger partial charge in [0.15, 0.2) is 0 Å². The second kappa shape index (κ2) is 11.0. The maximum absolute atomic E-state index is 11.5. The first-order valence-corrected chi connectivity index (χ1v) is 7.75. The van der Waals surface area contributed by atoms with E-state index in [0.717, 1.165) is 24.2 Å². The summed E-state index contributed by atoms with van der Waals surface area (Å²) in [5, 5.41) is 0. The van der Waals surface area contributed by atoms with Gasteiger partial charge in [0.1, 0.15) is 5.75 Å². The first-order valence-electron chi connectivity index (χ1n) is 7.75. The standard InChI is InChI=1S/C18H26O3/c1-3-4-5-6-7-8-15-21-18(19)14-11-16-9-12-17(20-2)13-10-16/h9-14H,3-8,15H2,1-2H3/b14-11+. The van der Waals surface area contributed by atoms with Crippen molar-refractivity contribution >= 4 is 12.0 Å². The molecule has 3 nitrogen and oxygen atoms in total. The van der Waals surface area contributed by atoms with Crippen LogP contribution < -0.4 is 4.74 Å². The Kier molecular flexibility index (Phi) is 9.01. The molecule has 1 aromatic carbocycles. The summed E-state index contributed by atoms with van der Waals surface area (Å²) in [7, 11) is 1.63. The minimum Gasteiger partial charge on any atom is -0.497 e. The molecule has 21 heavy (non-hydrogen) atoms. The molecule has 0 aliphatic rings. The summed E-state index contributed by atoms with van der Waals surface area (Å²) >= 11 is 0. The minimum atomic E-state index is -0.278. The van der Waals surface area contributed by atoms with E-state index in [9.17, 15) is 4.79 Å². The second-order valence-electron chi connectivity index (χ2n) is 5.04. The van der Waals surface area contributed by atoms with Crippen LogP contribution in [0.15, 0.2) is 30.3 Å². The Bertz CT molecular complexity index is 421. The summed E-state index contributed by atoms with van der Waals surface area (Å²) in [6.07, 6.45) is 10.4. The van der Waals surface area contributed by atoms with Gasteiger partial charge in [0, 0.05) is 6.08 Å². The highest BCUT2D eigenvalue weighted by Gasteiger charge is 1.97. The maximum atomic E-state index is 11.5. The number of ether oxygens (including phenoxy) is 2. The fourth-order valence-corrected chi connectivity index (χ4v) is 1.98. The number of carbonyl (C=O) groups is 1. The average molecular weight is 290 g/mol. The van der Waals surface area contributed by atoms with E-state index in [-0.39, 0.29) is 5.97 Å². The fourth-order valence-electron chi connectivity index (χ4n) is 1.98. The molecule has 1 aromatic rings. The van der Waals surface area contributed by atoms with E-state index in [1.165, 1.54) is 31.8 Å². The van der Waals surface area contributed by atoms with Crippen molar-refractivity contribution in [3.05, 3.63) is 35.9 Å². The minimum absolute atomic E-state index is 0.278. The number of hydrogen-bond acceptors (Lipinski definition) is 3. The van der Waals surface area contributed by atoms with Crippen LogP contribution >= 0.6 is 0 Å². The molecule has 0 saturated heterocycles. The van der Waals surface area contributed by atoms with Gasteiger partial charge in [0.2, 0.25) is 0 Å². The summed E-state index contributed by atoms with van der Waals surface area (Å²) in [6.45, 7) is 2.72. The van der Waals surface area contributed by atoms with Gasteiger partial charge in [-0.15, -0.1) is 0 Å². The monoisotopic (exact) mass is 290 g/mol. The summed E-state index contributed by atoms with van der Waals surface area (Å²) < 4.78 is 10.2. The predicted molar refractivity (Wildman–Crippen MR) is 86.4 cm³/mol. The number of methoxy groups -OCH3 is 1. The predicted octanol–water partition coefficient (Wildman–Crippen LogP) is 4.61. The van der Waals surface area contributed by atoms with Gasteiger partial charge < -0.3 is 9.47 Å². The van der Waals surface area contributed by atoms with Crippen molar-refractivity contribution in [3.8, 4) is 5.75 Å². The number of carbonyl (C=O) groups excluding carboxylic acids is 1. The van der Waals surface area contributed by atoms with E-state index in [1.54, 1.807) is 13.2 Å². The summed E-state index contributed by atoms with van der Waals surface area (Å²) in [6, 6.07) is 7.52. The molecule has 0 aliphatic carbocycles. The lowest BCUT2D eigenvalue weighted by Gasteiger charge is -2.02. The highest BCUT2D eigenvalue weighted by atomic mass is 16.5. The molecule has 0 aliphatic heterocycles. The van der Waals surface area contributed by atoms with Gasteiger partial charge in [-0.3, -0.25) is 0 Å². The van der Waals surface area contributed by atoms with Crippen molar-refractivity contribution in [2.45, 2.75) is 45.4 Å². The fraction of sp³-hybridized carbons (Fsp3) is 0.500. The maximum Gasteiger partial charge on any atom is 0.330 e. The van der Waals surface area contributed by atoms with Crippen molar-refractivity contribution in [2.24, 2.45) is 0 Å². The zero-order valence-corrected chi connectivity index (χ0v) is 13.1. The van der Waals surface area contributed by atoms with Gasteiger partial charge in [-0.25, -0.2) is 4.79 Å². The third-order valence-corrected chi connectivity index (χ3v) is 3.27. The lowest BCUT2D eigenvalue weighted by Crippen LogP contribution is -2.02. The van der Waals surface area contributed by atoms with Crippen molar-refractivity contribution in [1.82, 2.24) is 0 Å². The summed E-state index contributed by atoms with van der Waals surface area (Å²) in [4.78, 5) is 11.5. The van der Waals surface area contributed by atoms with Crippen molar-refractivity contribution < 1.29 is 14.3 Å². The van der Waals surface area contributed by atoms with Gasteiger partial charge in [-0.2, -0.15) is 0 Å². The normalized spacial score (nSPS) is 10.8. The molecule has 3 heteroatoms. The highest BCUT2D eigenvalue weighted by Crippen LogP contribution is 2.12. The molecule has 0 N–H and O–H groups in total. The average Bonchev–Trinajstić information content (AvgIpc) is 2.52.